The van der Waals surface area contributed by atoms with Crippen LogP contribution < -0.4 is 10.6 Å². The Balaban J connectivity index is 3.19. The van der Waals surface area contributed by atoms with Gasteiger partial charge in [0.15, 0.2) is 0 Å². The van der Waals surface area contributed by atoms with Gasteiger partial charge < -0.3 is 58.0 Å². The molecule has 0 bridgehead atoms. The Morgan fingerprint density at radius 3 is 1.22 bits per heavy atom. The van der Waals surface area contributed by atoms with Gasteiger partial charge in [-0.25, -0.2) is 0 Å². The van der Waals surface area contributed by atoms with Crippen molar-refractivity contribution in [2.24, 2.45) is 0 Å². The molecule has 0 rings (SSSR count). The summed E-state index contributed by atoms with van der Waals surface area (Å²) in [6, 6.07) is -0.0891. The van der Waals surface area contributed by atoms with E-state index in [2.05, 4.69) is 10.6 Å². The molecule has 0 spiro atoms. The molecule has 268 valence electrons. The summed E-state index contributed by atoms with van der Waals surface area (Å²) < 4.78 is 53.8. The Kier molecular flexibility index (Phi) is 36.1. The lowest BCUT2D eigenvalue weighted by atomic mass is 10.0. The highest BCUT2D eigenvalue weighted by Gasteiger charge is 2.13. The fourth-order valence-electron chi connectivity index (χ4n) is 3.67. The lowest BCUT2D eigenvalue weighted by Crippen LogP contribution is -2.33. The standard InChI is InChI=1S/C31H62N2O12/c1-4-30(34)29(32-2)7-5-6-9-33-31(35)8-10-37-13-14-39-17-18-41-21-22-43-25-26-45-28-27-44-24-23-42-20-19-40-16-15-38-12-11-36-3/h29,32H,4-28H2,1-3H3,(H,33,35)/t29-/m1/s1. The summed E-state index contributed by atoms with van der Waals surface area (Å²) >= 11 is 0. The highest BCUT2D eigenvalue weighted by atomic mass is 16.6. The number of ketones is 1. The van der Waals surface area contributed by atoms with Crippen molar-refractivity contribution in [3.8, 4) is 0 Å². The molecule has 1 atom stereocenters. The van der Waals surface area contributed by atoms with Gasteiger partial charge in [0.1, 0.15) is 5.78 Å². The molecule has 0 aromatic heterocycles. The summed E-state index contributed by atoms with van der Waals surface area (Å²) in [5, 5.41) is 5.93. The molecule has 45 heavy (non-hydrogen) atoms. The largest absolute Gasteiger partial charge is 0.382 e. The molecule has 0 saturated heterocycles. The Morgan fingerprint density at radius 2 is 0.889 bits per heavy atom. The van der Waals surface area contributed by atoms with Gasteiger partial charge in [-0.2, -0.15) is 0 Å². The first-order valence-electron chi connectivity index (χ1n) is 16.3. The van der Waals surface area contributed by atoms with E-state index in [1.165, 1.54) is 0 Å². The Labute approximate surface area is 270 Å². The van der Waals surface area contributed by atoms with Crippen LogP contribution in [0.2, 0.25) is 0 Å². The quantitative estimate of drug-likeness (QED) is 0.0914. The molecule has 14 nitrogen and oxygen atoms in total. The number of rotatable bonds is 38. The maximum absolute atomic E-state index is 11.9. The number of methoxy groups -OCH3 is 1. The second kappa shape index (κ2) is 37.2. The predicted molar refractivity (Wildman–Crippen MR) is 169 cm³/mol. The number of carbonyl (C=O) groups excluding carboxylic acids is 2. The van der Waals surface area contributed by atoms with Crippen LogP contribution in [0.25, 0.3) is 0 Å². The highest BCUT2D eigenvalue weighted by Crippen LogP contribution is 2.03. The normalized spacial score (nSPS) is 12.1. The fraction of sp³-hybridized carbons (Fsp3) is 0.935. The summed E-state index contributed by atoms with van der Waals surface area (Å²) in [4.78, 5) is 23.6. The van der Waals surface area contributed by atoms with Crippen LogP contribution >= 0.6 is 0 Å². The summed E-state index contributed by atoms with van der Waals surface area (Å²) in [6.07, 6.45) is 3.38. The average molecular weight is 655 g/mol. The first-order valence-corrected chi connectivity index (χ1v) is 16.3. The van der Waals surface area contributed by atoms with Gasteiger partial charge in [-0.3, -0.25) is 9.59 Å². The van der Waals surface area contributed by atoms with Gasteiger partial charge in [0.25, 0.3) is 0 Å². The van der Waals surface area contributed by atoms with Gasteiger partial charge in [-0.1, -0.05) is 6.92 Å². The van der Waals surface area contributed by atoms with Crippen LogP contribution in [0.3, 0.4) is 0 Å². The van der Waals surface area contributed by atoms with Crippen LogP contribution in [0.4, 0.5) is 0 Å². The number of Topliss-reactive ketones (excluding diaryl/α,β-unsaturated/α-hetero) is 1. The maximum Gasteiger partial charge on any atom is 0.222 e. The molecule has 0 unspecified atom stereocenters. The van der Waals surface area contributed by atoms with E-state index < -0.39 is 0 Å². The highest BCUT2D eigenvalue weighted by molar-refractivity contribution is 5.83. The third kappa shape index (κ3) is 33.9. The van der Waals surface area contributed by atoms with Crippen molar-refractivity contribution in [2.75, 3.05) is 146 Å². The summed E-state index contributed by atoms with van der Waals surface area (Å²) in [6.45, 7) is 12.0. The average Bonchev–Trinajstić information content (AvgIpc) is 3.05. The molecule has 0 aliphatic heterocycles. The van der Waals surface area contributed by atoms with E-state index in [-0.39, 0.29) is 17.7 Å². The van der Waals surface area contributed by atoms with Gasteiger partial charge in [0.2, 0.25) is 5.91 Å². The van der Waals surface area contributed by atoms with Crippen LogP contribution in [0, 0.1) is 0 Å². The second-order valence-electron chi connectivity index (χ2n) is 9.76. The van der Waals surface area contributed by atoms with Crippen molar-refractivity contribution in [3.05, 3.63) is 0 Å². The molecular formula is C31H62N2O12. The monoisotopic (exact) mass is 654 g/mol. The number of likely N-dealkylation sites (N-methyl/N-ethyl adjacent to an activating group) is 1. The van der Waals surface area contributed by atoms with Crippen molar-refractivity contribution in [1.29, 1.82) is 0 Å². The number of carbonyl (C=O) groups is 2. The first-order chi connectivity index (χ1) is 22.2. The van der Waals surface area contributed by atoms with E-state index in [4.69, 9.17) is 47.4 Å². The van der Waals surface area contributed by atoms with E-state index in [0.717, 1.165) is 19.3 Å². The third-order valence-corrected chi connectivity index (χ3v) is 6.21. The second-order valence-corrected chi connectivity index (χ2v) is 9.76. The summed E-state index contributed by atoms with van der Waals surface area (Å²) in [7, 11) is 3.45. The molecule has 1 amide bonds. The SMILES string of the molecule is CCC(=O)[C@@H](CCCCNC(=O)CCOCCOCCOCCOCCOCCOCCOCCOCCOCCOC)NC. The molecule has 0 radical (unpaired) electrons. The fourth-order valence-corrected chi connectivity index (χ4v) is 3.67. The topological polar surface area (TPSA) is 151 Å². The number of nitrogens with one attached hydrogen (secondary N) is 2. The van der Waals surface area contributed by atoms with Crippen LogP contribution in [0.1, 0.15) is 39.0 Å². The predicted octanol–water partition coefficient (Wildman–Crippen LogP) is 1.03. The number of hydrogen-bond donors (Lipinski definition) is 2. The summed E-state index contributed by atoms with van der Waals surface area (Å²) in [5.41, 5.74) is 0. The summed E-state index contributed by atoms with van der Waals surface area (Å²) in [5.74, 6) is 0.194. The zero-order chi connectivity index (χ0) is 32.9. The maximum atomic E-state index is 11.9. The molecular weight excluding hydrogens is 592 g/mol. The minimum atomic E-state index is -0.0891. The van der Waals surface area contributed by atoms with Crippen LogP contribution in [0.15, 0.2) is 0 Å². The lowest BCUT2D eigenvalue weighted by molar-refractivity contribution is -0.122. The first kappa shape index (κ1) is 43.7. The van der Waals surface area contributed by atoms with Crippen LogP contribution in [-0.4, -0.2) is 164 Å². The van der Waals surface area contributed by atoms with Crippen molar-refractivity contribution in [1.82, 2.24) is 10.6 Å². The van der Waals surface area contributed by atoms with Gasteiger partial charge >= 0.3 is 0 Å². The number of hydrogen-bond acceptors (Lipinski definition) is 13. The number of ether oxygens (including phenoxy) is 10. The van der Waals surface area contributed by atoms with Gasteiger partial charge in [-0.15, -0.1) is 0 Å². The van der Waals surface area contributed by atoms with Crippen molar-refractivity contribution >= 4 is 11.7 Å². The molecule has 0 fully saturated rings. The van der Waals surface area contributed by atoms with Gasteiger partial charge in [0.05, 0.1) is 132 Å². The number of amides is 1. The van der Waals surface area contributed by atoms with E-state index in [1.807, 2.05) is 6.92 Å². The molecule has 2 N–H and O–H groups in total. The Morgan fingerprint density at radius 1 is 0.533 bits per heavy atom. The molecule has 14 heteroatoms. The number of unbranched alkanes of at least 4 members (excludes halogenated alkanes) is 1. The minimum absolute atomic E-state index is 0.0333. The molecule has 0 heterocycles. The molecule has 0 aliphatic rings. The van der Waals surface area contributed by atoms with E-state index in [9.17, 15) is 9.59 Å². The van der Waals surface area contributed by atoms with E-state index in [0.29, 0.717) is 145 Å². The van der Waals surface area contributed by atoms with E-state index in [1.54, 1.807) is 14.2 Å². The zero-order valence-electron chi connectivity index (χ0n) is 28.2. The van der Waals surface area contributed by atoms with Gasteiger partial charge in [0, 0.05) is 26.5 Å². The van der Waals surface area contributed by atoms with E-state index >= 15 is 0 Å². The Bertz CT molecular complexity index is 633. The smallest absolute Gasteiger partial charge is 0.222 e. The molecule has 0 saturated carbocycles. The van der Waals surface area contributed by atoms with Crippen molar-refractivity contribution in [2.45, 2.75) is 45.1 Å². The van der Waals surface area contributed by atoms with Crippen molar-refractivity contribution in [3.63, 3.8) is 0 Å². The Hall–Kier alpha value is -1.30. The lowest BCUT2D eigenvalue weighted by Gasteiger charge is -2.13. The van der Waals surface area contributed by atoms with Crippen LogP contribution in [0.5, 0.6) is 0 Å². The zero-order valence-corrected chi connectivity index (χ0v) is 28.2. The molecule has 0 aliphatic carbocycles. The minimum Gasteiger partial charge on any atom is -0.382 e. The third-order valence-electron chi connectivity index (χ3n) is 6.21. The molecule has 0 aromatic rings. The van der Waals surface area contributed by atoms with Crippen LogP contribution in [-0.2, 0) is 57.0 Å². The van der Waals surface area contributed by atoms with Gasteiger partial charge in [-0.05, 0) is 26.3 Å². The molecule has 0 aromatic carbocycles. The van der Waals surface area contributed by atoms with Crippen molar-refractivity contribution < 1.29 is 57.0 Å².